The van der Waals surface area contributed by atoms with E-state index in [1.807, 2.05) is 18.2 Å². The number of ketones is 1. The maximum Gasteiger partial charge on any atom is 0.296 e. The van der Waals surface area contributed by atoms with Gasteiger partial charge in [-0.05, 0) is 43.3 Å². The number of Topliss-reactive ketones (excluding diaryl/α,β-unsaturated/α-hetero) is 1. The van der Waals surface area contributed by atoms with E-state index in [9.17, 15) is 14.4 Å². The Kier molecular flexibility index (Phi) is 4.70. The molecule has 7 heteroatoms. The molecule has 29 heavy (non-hydrogen) atoms. The molecule has 2 amide bonds. The highest BCUT2D eigenvalue weighted by Crippen LogP contribution is 2.23. The smallest absolute Gasteiger partial charge is 0.296 e. The zero-order chi connectivity index (χ0) is 20.4. The molecule has 0 aliphatic carbocycles. The highest BCUT2D eigenvalue weighted by atomic mass is 16.3. The van der Waals surface area contributed by atoms with E-state index in [0.29, 0.717) is 28.0 Å². The molecule has 0 bridgehead atoms. The number of benzene rings is 2. The van der Waals surface area contributed by atoms with Gasteiger partial charge in [0.05, 0.1) is 11.8 Å². The third kappa shape index (κ3) is 3.66. The predicted molar refractivity (Wildman–Crippen MR) is 109 cm³/mol. The van der Waals surface area contributed by atoms with Crippen LogP contribution in [0.2, 0.25) is 0 Å². The summed E-state index contributed by atoms with van der Waals surface area (Å²) in [5, 5.41) is 5.97. The van der Waals surface area contributed by atoms with E-state index in [2.05, 4.69) is 15.6 Å². The molecule has 7 nitrogen and oxygen atoms in total. The Bertz CT molecular complexity index is 1220. The molecule has 0 saturated carbocycles. The Hall–Kier alpha value is -4.13. The van der Waals surface area contributed by atoms with Gasteiger partial charge in [-0.1, -0.05) is 24.3 Å². The number of fused-ring (bicyclic) bond motifs is 1. The summed E-state index contributed by atoms with van der Waals surface area (Å²) in [4.78, 5) is 40.5. The molecule has 0 unspecified atom stereocenters. The number of carbonyl (C=O) groups excluding carboxylic acids is 3. The number of carbonyl (C=O) groups is 3. The molecule has 0 aliphatic heterocycles. The van der Waals surface area contributed by atoms with Crippen LogP contribution in [0.15, 0.2) is 71.3 Å². The lowest BCUT2D eigenvalue weighted by molar-refractivity contribution is -0.112. The minimum atomic E-state index is -0.757. The van der Waals surface area contributed by atoms with Crippen molar-refractivity contribution in [2.75, 3.05) is 10.6 Å². The molecule has 2 aromatic carbocycles. The molecule has 0 fully saturated rings. The largest absolute Gasteiger partial charge is 0.459 e. The van der Waals surface area contributed by atoms with Crippen molar-refractivity contribution in [2.24, 2.45) is 0 Å². The van der Waals surface area contributed by atoms with Crippen LogP contribution in [0.1, 0.15) is 26.6 Å². The number of furan rings is 1. The maximum atomic E-state index is 12.7. The standard InChI is InChI=1S/C22H17N3O4/c1-13-19(16-8-2-3-9-17(16)23-13)20(26)22(28)25-15-7-4-6-14(12-15)24-21(27)18-10-5-11-29-18/h2-12,23H,1H3,(H,24,27)(H,25,28). The Morgan fingerprint density at radius 1 is 0.897 bits per heavy atom. The zero-order valence-corrected chi connectivity index (χ0v) is 15.5. The van der Waals surface area contributed by atoms with E-state index in [-0.39, 0.29) is 5.76 Å². The third-order valence-electron chi connectivity index (χ3n) is 4.45. The van der Waals surface area contributed by atoms with E-state index in [4.69, 9.17) is 4.42 Å². The predicted octanol–water partition coefficient (Wildman–Crippen LogP) is 4.14. The van der Waals surface area contributed by atoms with E-state index in [1.54, 1.807) is 49.4 Å². The molecular formula is C22H17N3O4. The number of para-hydroxylation sites is 1. The van der Waals surface area contributed by atoms with Crippen molar-refractivity contribution in [3.8, 4) is 0 Å². The van der Waals surface area contributed by atoms with Crippen LogP contribution in [0, 0.1) is 6.92 Å². The molecule has 4 aromatic rings. The van der Waals surface area contributed by atoms with Gasteiger partial charge in [0.1, 0.15) is 0 Å². The lowest BCUT2D eigenvalue weighted by Crippen LogP contribution is -2.23. The third-order valence-corrected chi connectivity index (χ3v) is 4.45. The fourth-order valence-corrected chi connectivity index (χ4v) is 3.15. The summed E-state index contributed by atoms with van der Waals surface area (Å²) in [6.45, 7) is 1.76. The van der Waals surface area contributed by atoms with Crippen LogP contribution in [0.4, 0.5) is 11.4 Å². The Morgan fingerprint density at radius 2 is 1.66 bits per heavy atom. The van der Waals surface area contributed by atoms with Crippen LogP contribution in [0.25, 0.3) is 10.9 Å². The van der Waals surface area contributed by atoms with Crippen molar-refractivity contribution in [1.29, 1.82) is 0 Å². The quantitative estimate of drug-likeness (QED) is 0.353. The number of anilines is 2. The molecule has 2 aromatic heterocycles. The van der Waals surface area contributed by atoms with Crippen LogP contribution in [0.5, 0.6) is 0 Å². The highest BCUT2D eigenvalue weighted by molar-refractivity contribution is 6.48. The van der Waals surface area contributed by atoms with Crippen molar-refractivity contribution in [2.45, 2.75) is 6.92 Å². The molecule has 0 atom stereocenters. The van der Waals surface area contributed by atoms with Gasteiger partial charge in [0.2, 0.25) is 0 Å². The summed E-state index contributed by atoms with van der Waals surface area (Å²) in [5.41, 5.74) is 2.62. The van der Waals surface area contributed by atoms with E-state index in [1.165, 1.54) is 6.26 Å². The fraction of sp³-hybridized carbons (Fsp3) is 0.0455. The van der Waals surface area contributed by atoms with E-state index >= 15 is 0 Å². The SMILES string of the molecule is Cc1[nH]c2ccccc2c1C(=O)C(=O)Nc1cccc(NC(=O)c2ccco2)c1. The van der Waals surface area contributed by atoms with Crippen LogP contribution < -0.4 is 10.6 Å². The average Bonchev–Trinajstić information content (AvgIpc) is 3.35. The number of amides is 2. The first-order valence-corrected chi connectivity index (χ1v) is 8.91. The van der Waals surface area contributed by atoms with Gasteiger partial charge in [0.15, 0.2) is 5.76 Å². The molecule has 0 aliphatic rings. The summed E-state index contributed by atoms with van der Waals surface area (Å²) < 4.78 is 5.05. The molecule has 144 valence electrons. The average molecular weight is 387 g/mol. The maximum absolute atomic E-state index is 12.7. The minimum absolute atomic E-state index is 0.171. The second-order valence-corrected chi connectivity index (χ2v) is 6.47. The van der Waals surface area contributed by atoms with Crippen molar-refractivity contribution in [3.05, 3.63) is 83.9 Å². The minimum Gasteiger partial charge on any atom is -0.459 e. The van der Waals surface area contributed by atoms with Crippen LogP contribution in [-0.2, 0) is 4.79 Å². The fourth-order valence-electron chi connectivity index (χ4n) is 3.15. The lowest BCUT2D eigenvalue weighted by atomic mass is 10.1. The first-order valence-electron chi connectivity index (χ1n) is 8.91. The number of rotatable bonds is 5. The number of aromatic nitrogens is 1. The van der Waals surface area contributed by atoms with Crippen molar-refractivity contribution in [1.82, 2.24) is 4.98 Å². The van der Waals surface area contributed by atoms with Crippen LogP contribution in [0.3, 0.4) is 0 Å². The number of H-pyrrole nitrogens is 1. The van der Waals surface area contributed by atoms with Crippen LogP contribution >= 0.6 is 0 Å². The van der Waals surface area contributed by atoms with Gasteiger partial charge in [-0.15, -0.1) is 0 Å². The van der Waals surface area contributed by atoms with Gasteiger partial charge in [0.25, 0.3) is 17.6 Å². The monoisotopic (exact) mass is 387 g/mol. The van der Waals surface area contributed by atoms with Gasteiger partial charge in [-0.25, -0.2) is 0 Å². The zero-order valence-electron chi connectivity index (χ0n) is 15.5. The molecule has 3 N–H and O–H groups in total. The summed E-state index contributed by atoms with van der Waals surface area (Å²) >= 11 is 0. The summed E-state index contributed by atoms with van der Waals surface area (Å²) in [5.74, 6) is -1.63. The Balaban J connectivity index is 1.51. The number of hydrogen-bond acceptors (Lipinski definition) is 4. The van der Waals surface area contributed by atoms with Crippen molar-refractivity contribution >= 4 is 39.9 Å². The van der Waals surface area contributed by atoms with E-state index in [0.717, 1.165) is 5.52 Å². The van der Waals surface area contributed by atoms with Crippen molar-refractivity contribution in [3.63, 3.8) is 0 Å². The molecule has 0 spiro atoms. The molecule has 0 saturated heterocycles. The first kappa shape index (κ1) is 18.2. The number of aryl methyl sites for hydroxylation is 1. The number of hydrogen-bond donors (Lipinski definition) is 3. The summed E-state index contributed by atoms with van der Waals surface area (Å²) in [7, 11) is 0. The molecular weight excluding hydrogens is 370 g/mol. The molecule has 2 heterocycles. The van der Waals surface area contributed by atoms with Gasteiger partial charge >= 0.3 is 0 Å². The van der Waals surface area contributed by atoms with Gasteiger partial charge < -0.3 is 20.0 Å². The Labute approximate surface area is 165 Å². The summed E-state index contributed by atoms with van der Waals surface area (Å²) in [6.07, 6.45) is 1.41. The normalized spacial score (nSPS) is 10.7. The van der Waals surface area contributed by atoms with Gasteiger partial charge in [-0.2, -0.15) is 0 Å². The summed E-state index contributed by atoms with van der Waals surface area (Å²) in [6, 6.07) is 17.0. The molecule has 0 radical (unpaired) electrons. The van der Waals surface area contributed by atoms with Gasteiger partial charge in [-0.3, -0.25) is 14.4 Å². The lowest BCUT2D eigenvalue weighted by Gasteiger charge is -2.08. The second kappa shape index (κ2) is 7.47. The van der Waals surface area contributed by atoms with E-state index < -0.39 is 17.6 Å². The number of nitrogens with one attached hydrogen (secondary N) is 3. The second-order valence-electron chi connectivity index (χ2n) is 6.47. The number of aromatic amines is 1. The first-order chi connectivity index (χ1) is 14.0. The van der Waals surface area contributed by atoms with Crippen molar-refractivity contribution < 1.29 is 18.8 Å². The Morgan fingerprint density at radius 3 is 2.41 bits per heavy atom. The van der Waals surface area contributed by atoms with Gasteiger partial charge in [0, 0.05) is 28.0 Å². The topological polar surface area (TPSA) is 104 Å². The van der Waals surface area contributed by atoms with Crippen LogP contribution in [-0.4, -0.2) is 22.6 Å². The molecule has 4 rings (SSSR count). The highest BCUT2D eigenvalue weighted by Gasteiger charge is 2.22.